The van der Waals surface area contributed by atoms with Crippen molar-refractivity contribution in [1.29, 1.82) is 0 Å². The molecule has 1 aromatic heterocycles. The van der Waals surface area contributed by atoms with Gasteiger partial charge in [0.1, 0.15) is 17.9 Å². The van der Waals surface area contributed by atoms with Gasteiger partial charge in [0.05, 0.1) is 18.6 Å². The summed E-state index contributed by atoms with van der Waals surface area (Å²) < 4.78 is 32.0. The van der Waals surface area contributed by atoms with Crippen LogP contribution in [0.2, 0.25) is 0 Å². The molecule has 0 unspecified atom stereocenters. The summed E-state index contributed by atoms with van der Waals surface area (Å²) in [5.41, 5.74) is 0.956. The maximum Gasteiger partial charge on any atom is 0.289 e. The smallest absolute Gasteiger partial charge is 0.289 e. The summed E-state index contributed by atoms with van der Waals surface area (Å²) in [6.07, 6.45) is 1.64. The quantitative estimate of drug-likeness (QED) is 0.792. The minimum absolute atomic E-state index is 0.0243. The third-order valence-electron chi connectivity index (χ3n) is 3.28. The molecule has 0 aliphatic heterocycles. The Morgan fingerprint density at radius 2 is 2.18 bits per heavy atom. The number of nitrogens with one attached hydrogen (secondary N) is 1. The zero-order chi connectivity index (χ0) is 16.1. The average molecular weight is 328 g/mol. The maximum absolute atomic E-state index is 12.5. The molecule has 5 nitrogen and oxygen atoms in total. The lowest BCUT2D eigenvalue weighted by Gasteiger charge is -2.16. The van der Waals surface area contributed by atoms with E-state index in [4.69, 9.17) is 4.74 Å². The van der Waals surface area contributed by atoms with Crippen LogP contribution in [0.4, 0.5) is 8.78 Å². The molecule has 120 valence electrons. The van der Waals surface area contributed by atoms with Crippen LogP contribution in [0.1, 0.15) is 24.4 Å². The fourth-order valence-electron chi connectivity index (χ4n) is 1.98. The highest BCUT2D eigenvalue weighted by Crippen LogP contribution is 2.35. The molecule has 0 saturated carbocycles. The first-order chi connectivity index (χ1) is 10.5. The van der Waals surface area contributed by atoms with Crippen molar-refractivity contribution >= 4 is 11.8 Å². The number of aryl methyl sites for hydroxylation is 1. The normalized spacial score (nSPS) is 12.6. The summed E-state index contributed by atoms with van der Waals surface area (Å²) in [5.74, 6) is -1.19. The first kappa shape index (κ1) is 16.7. The van der Waals surface area contributed by atoms with Gasteiger partial charge in [-0.3, -0.25) is 0 Å². The number of ether oxygens (including phenoxy) is 1. The van der Waals surface area contributed by atoms with E-state index in [1.54, 1.807) is 18.5 Å². The van der Waals surface area contributed by atoms with Gasteiger partial charge >= 0.3 is 0 Å². The summed E-state index contributed by atoms with van der Waals surface area (Å²) in [6.45, 7) is 2.55. The van der Waals surface area contributed by atoms with Gasteiger partial charge in [-0.2, -0.15) is 8.78 Å². The van der Waals surface area contributed by atoms with Crippen LogP contribution in [0.25, 0.3) is 0 Å². The van der Waals surface area contributed by atoms with Crippen LogP contribution in [-0.2, 0) is 13.6 Å². The first-order valence-corrected chi connectivity index (χ1v) is 7.58. The molecule has 2 aromatic rings. The van der Waals surface area contributed by atoms with Gasteiger partial charge in [0.25, 0.3) is 5.76 Å². The first-order valence-electron chi connectivity index (χ1n) is 6.70. The van der Waals surface area contributed by atoms with Crippen molar-refractivity contribution in [3.8, 4) is 5.75 Å². The van der Waals surface area contributed by atoms with Crippen molar-refractivity contribution in [1.82, 2.24) is 20.1 Å². The van der Waals surface area contributed by atoms with Gasteiger partial charge in [0.15, 0.2) is 0 Å². The number of alkyl halides is 2. The number of hydrogen-bond acceptors (Lipinski definition) is 5. The van der Waals surface area contributed by atoms with Crippen LogP contribution >= 0.6 is 11.8 Å². The largest absolute Gasteiger partial charge is 0.496 e. The van der Waals surface area contributed by atoms with E-state index in [0.717, 1.165) is 11.4 Å². The predicted molar refractivity (Wildman–Crippen MR) is 81.1 cm³/mol. The van der Waals surface area contributed by atoms with E-state index in [1.807, 2.05) is 24.6 Å². The van der Waals surface area contributed by atoms with E-state index in [-0.39, 0.29) is 6.04 Å². The van der Waals surface area contributed by atoms with E-state index in [9.17, 15) is 8.78 Å². The Morgan fingerprint density at radius 1 is 1.41 bits per heavy atom. The van der Waals surface area contributed by atoms with E-state index in [2.05, 4.69) is 15.5 Å². The molecule has 0 amide bonds. The van der Waals surface area contributed by atoms with Gasteiger partial charge < -0.3 is 14.6 Å². The molecule has 22 heavy (non-hydrogen) atoms. The van der Waals surface area contributed by atoms with Gasteiger partial charge in [-0.1, -0.05) is 17.8 Å². The maximum atomic E-state index is 12.5. The molecule has 0 spiro atoms. The molecule has 1 atom stereocenters. The lowest BCUT2D eigenvalue weighted by molar-refractivity contribution is 0.251. The van der Waals surface area contributed by atoms with Gasteiger partial charge in [-0.15, -0.1) is 10.2 Å². The van der Waals surface area contributed by atoms with Gasteiger partial charge in [0, 0.05) is 13.1 Å². The molecule has 0 bridgehead atoms. The third kappa shape index (κ3) is 4.17. The highest BCUT2D eigenvalue weighted by molar-refractivity contribution is 7.99. The molecule has 0 aliphatic rings. The minimum atomic E-state index is -2.47. The number of nitrogens with zero attached hydrogens (tertiary/aromatic N) is 3. The summed E-state index contributed by atoms with van der Waals surface area (Å²) >= 11 is 0.483. The summed E-state index contributed by atoms with van der Waals surface area (Å²) in [4.78, 5) is 0.432. The SMILES string of the molecule is COc1cc([C@@H](C)NCc2nncn2C)ccc1SC(F)F. The highest BCUT2D eigenvalue weighted by atomic mass is 32.2. The van der Waals surface area contributed by atoms with Gasteiger partial charge in [-0.25, -0.2) is 0 Å². The number of methoxy groups -OCH3 is 1. The fourth-order valence-corrected chi connectivity index (χ4v) is 2.57. The van der Waals surface area contributed by atoms with E-state index in [1.165, 1.54) is 7.11 Å². The lowest BCUT2D eigenvalue weighted by atomic mass is 10.1. The second-order valence-corrected chi connectivity index (χ2v) is 5.78. The standard InChI is InChI=1S/C14H18F2N4OS/c1-9(17-7-13-19-18-8-20(13)2)10-4-5-12(22-14(15)16)11(6-10)21-3/h4-6,8-9,14,17H,7H2,1-3H3/t9-/m1/s1. The molecule has 1 heterocycles. The van der Waals surface area contributed by atoms with Crippen LogP contribution < -0.4 is 10.1 Å². The topological polar surface area (TPSA) is 52.0 Å². The number of hydrogen-bond donors (Lipinski definition) is 1. The molecule has 0 aliphatic carbocycles. The molecule has 0 fully saturated rings. The van der Waals surface area contributed by atoms with E-state index >= 15 is 0 Å². The number of halogens is 2. The Hall–Kier alpha value is -1.67. The molecule has 8 heteroatoms. The highest BCUT2D eigenvalue weighted by Gasteiger charge is 2.14. The second kappa shape index (κ2) is 7.55. The van der Waals surface area contributed by atoms with Crippen LogP contribution in [-0.4, -0.2) is 27.6 Å². The third-order valence-corrected chi connectivity index (χ3v) is 4.04. The number of aromatic nitrogens is 3. The van der Waals surface area contributed by atoms with E-state index < -0.39 is 5.76 Å². The zero-order valence-corrected chi connectivity index (χ0v) is 13.4. The van der Waals surface area contributed by atoms with Crippen LogP contribution in [0.15, 0.2) is 29.4 Å². The monoisotopic (exact) mass is 328 g/mol. The van der Waals surface area contributed by atoms with Crippen molar-refractivity contribution in [2.45, 2.75) is 30.2 Å². The van der Waals surface area contributed by atoms with E-state index in [0.29, 0.717) is 29.0 Å². The van der Waals surface area contributed by atoms with Crippen LogP contribution in [0, 0.1) is 0 Å². The average Bonchev–Trinajstić information content (AvgIpc) is 2.90. The van der Waals surface area contributed by atoms with Crippen molar-refractivity contribution in [3.05, 3.63) is 35.9 Å². The molecule has 1 aromatic carbocycles. The molecule has 0 saturated heterocycles. The Morgan fingerprint density at radius 3 is 2.77 bits per heavy atom. The van der Waals surface area contributed by atoms with Crippen LogP contribution in [0.3, 0.4) is 0 Å². The molecular weight excluding hydrogens is 310 g/mol. The van der Waals surface area contributed by atoms with Gasteiger partial charge in [-0.05, 0) is 24.6 Å². The van der Waals surface area contributed by atoms with Crippen molar-refractivity contribution in [3.63, 3.8) is 0 Å². The van der Waals surface area contributed by atoms with Crippen LogP contribution in [0.5, 0.6) is 5.75 Å². The lowest BCUT2D eigenvalue weighted by Crippen LogP contribution is -2.20. The number of thioether (sulfide) groups is 1. The van der Waals surface area contributed by atoms with Crippen molar-refractivity contribution in [2.75, 3.05) is 7.11 Å². The molecule has 2 rings (SSSR count). The Balaban J connectivity index is 2.06. The molecule has 0 radical (unpaired) electrons. The zero-order valence-electron chi connectivity index (χ0n) is 12.6. The molecular formula is C14H18F2N4OS. The van der Waals surface area contributed by atoms with Crippen molar-refractivity contribution in [2.24, 2.45) is 7.05 Å². The van der Waals surface area contributed by atoms with Gasteiger partial charge in [0.2, 0.25) is 0 Å². The Kier molecular flexibility index (Phi) is 5.73. The number of rotatable bonds is 7. The predicted octanol–water partition coefficient (Wildman–Crippen LogP) is 2.99. The minimum Gasteiger partial charge on any atom is -0.496 e. The van der Waals surface area contributed by atoms with Crippen molar-refractivity contribution < 1.29 is 13.5 Å². The summed E-state index contributed by atoms with van der Waals surface area (Å²) in [7, 11) is 3.35. The second-order valence-electron chi connectivity index (χ2n) is 4.75. The molecule has 1 N–H and O–H groups in total. The number of benzene rings is 1. The summed E-state index contributed by atoms with van der Waals surface area (Å²) in [5, 5.41) is 11.1. The Bertz CT molecular complexity index is 621. The Labute approximate surface area is 132 Å². The fraction of sp³-hybridized carbons (Fsp3) is 0.429. The summed E-state index contributed by atoms with van der Waals surface area (Å²) in [6, 6.07) is 5.28.